The van der Waals surface area contributed by atoms with Gasteiger partial charge in [0.1, 0.15) is 18.0 Å². The molecule has 3 heterocycles. The second kappa shape index (κ2) is 11.2. The number of amides is 2. The molecule has 2 saturated heterocycles. The molecule has 0 spiro atoms. The maximum atomic E-state index is 13.1. The molecule has 2 aromatic carbocycles. The van der Waals surface area contributed by atoms with Crippen molar-refractivity contribution in [1.29, 1.82) is 0 Å². The van der Waals surface area contributed by atoms with Crippen molar-refractivity contribution in [3.8, 4) is 11.4 Å². The van der Waals surface area contributed by atoms with Crippen LogP contribution in [0.1, 0.15) is 40.9 Å². The Labute approximate surface area is 237 Å². The largest absolute Gasteiger partial charge is 0.491 e. The van der Waals surface area contributed by atoms with Gasteiger partial charge < -0.3 is 14.2 Å². The van der Waals surface area contributed by atoms with Crippen LogP contribution in [-0.4, -0.2) is 51.8 Å². The van der Waals surface area contributed by atoms with E-state index in [1.807, 2.05) is 68.7 Å². The number of carbonyl (C=O) groups is 2. The zero-order chi connectivity index (χ0) is 28.6. The lowest BCUT2D eigenvalue weighted by molar-refractivity contribution is -0.384. The number of rotatable bonds is 8. The van der Waals surface area contributed by atoms with Crippen LogP contribution < -0.4 is 9.64 Å². The Morgan fingerprint density at radius 3 is 2.50 bits per heavy atom. The van der Waals surface area contributed by atoms with Crippen molar-refractivity contribution >= 4 is 40.4 Å². The third-order valence-corrected chi connectivity index (χ3v) is 8.31. The summed E-state index contributed by atoms with van der Waals surface area (Å²) in [4.78, 5) is 41.0. The van der Waals surface area contributed by atoms with E-state index in [1.54, 1.807) is 12.1 Å². The number of aromatic nitrogens is 1. The van der Waals surface area contributed by atoms with Crippen molar-refractivity contribution in [1.82, 2.24) is 9.47 Å². The number of ether oxygens (including phenoxy) is 1. The number of anilines is 1. The lowest BCUT2D eigenvalue weighted by Gasteiger charge is -2.19. The normalized spacial score (nSPS) is 16.4. The summed E-state index contributed by atoms with van der Waals surface area (Å²) in [5, 5.41) is 11.6. The first kappa shape index (κ1) is 27.5. The van der Waals surface area contributed by atoms with Gasteiger partial charge in [-0.2, -0.15) is 0 Å². The summed E-state index contributed by atoms with van der Waals surface area (Å²) in [7, 11) is 0. The fourth-order valence-electron chi connectivity index (χ4n) is 5.30. The van der Waals surface area contributed by atoms with Crippen molar-refractivity contribution in [2.75, 3.05) is 31.1 Å². The third kappa shape index (κ3) is 5.36. The molecule has 2 fully saturated rings. The van der Waals surface area contributed by atoms with E-state index in [0.717, 1.165) is 71.5 Å². The molecule has 0 saturated carbocycles. The highest BCUT2D eigenvalue weighted by Gasteiger charge is 2.35. The average Bonchev–Trinajstić information content (AvgIpc) is 3.61. The molecule has 0 bridgehead atoms. The van der Waals surface area contributed by atoms with Gasteiger partial charge in [0.2, 0.25) is 0 Å². The first-order chi connectivity index (χ1) is 19.1. The zero-order valence-corrected chi connectivity index (χ0v) is 23.9. The lowest BCUT2D eigenvalue weighted by Crippen LogP contribution is -2.32. The highest BCUT2D eigenvalue weighted by atomic mass is 32.2. The number of nitro groups is 1. The number of nitrogens with zero attached hydrogens (tertiary/aromatic N) is 4. The van der Waals surface area contributed by atoms with Crippen LogP contribution in [0, 0.1) is 37.8 Å². The molecule has 40 heavy (non-hydrogen) atoms. The van der Waals surface area contributed by atoms with Gasteiger partial charge in [-0.25, -0.2) is 0 Å². The number of thioether (sulfide) groups is 1. The maximum absolute atomic E-state index is 13.1. The van der Waals surface area contributed by atoms with Crippen LogP contribution in [-0.2, 0) is 4.79 Å². The first-order valence-corrected chi connectivity index (χ1v) is 14.1. The standard InChI is InChI=1S/C30H32N4O5S/c1-19-7-8-20(2)27(15-19)39-14-13-32-29(35)28(40-30(32)36)17-23-16-21(3)33(22(23)4)24-9-10-25(26(18-24)34(37)38)31-11-5-6-12-31/h7-10,15-18H,5-6,11-14H2,1-4H3/b28-17-. The van der Waals surface area contributed by atoms with Gasteiger partial charge in [0.25, 0.3) is 16.8 Å². The summed E-state index contributed by atoms with van der Waals surface area (Å²) < 4.78 is 7.79. The van der Waals surface area contributed by atoms with E-state index in [2.05, 4.69) is 4.90 Å². The fraction of sp³-hybridized carbons (Fsp3) is 0.333. The quantitative estimate of drug-likeness (QED) is 0.180. The molecule has 1 aromatic heterocycles. The summed E-state index contributed by atoms with van der Waals surface area (Å²) in [5.74, 6) is 0.388. The fourth-order valence-corrected chi connectivity index (χ4v) is 6.15. The van der Waals surface area contributed by atoms with Crippen LogP contribution >= 0.6 is 11.8 Å². The van der Waals surface area contributed by atoms with Crippen LogP contribution in [0.2, 0.25) is 0 Å². The van der Waals surface area contributed by atoms with Crippen LogP contribution in [0.3, 0.4) is 0 Å². The Morgan fingerprint density at radius 1 is 1.02 bits per heavy atom. The number of imide groups is 1. The van der Waals surface area contributed by atoms with E-state index >= 15 is 0 Å². The van der Waals surface area contributed by atoms with Crippen molar-refractivity contribution < 1.29 is 19.2 Å². The van der Waals surface area contributed by atoms with Gasteiger partial charge >= 0.3 is 0 Å². The second-order valence-electron chi connectivity index (χ2n) is 10.2. The van der Waals surface area contributed by atoms with E-state index in [1.165, 1.54) is 4.90 Å². The minimum atomic E-state index is -0.352. The molecule has 208 valence electrons. The summed E-state index contributed by atoms with van der Waals surface area (Å²) >= 11 is 0.909. The van der Waals surface area contributed by atoms with Crippen LogP contribution in [0.4, 0.5) is 16.2 Å². The molecule has 10 heteroatoms. The van der Waals surface area contributed by atoms with E-state index in [9.17, 15) is 19.7 Å². The van der Waals surface area contributed by atoms with Crippen LogP contribution in [0.15, 0.2) is 47.4 Å². The molecule has 0 aliphatic carbocycles. The molecular formula is C30H32N4O5S. The number of hydrogen-bond acceptors (Lipinski definition) is 7. The Bertz CT molecular complexity index is 1540. The number of nitro benzene ring substituents is 1. The maximum Gasteiger partial charge on any atom is 0.294 e. The van der Waals surface area contributed by atoms with Gasteiger partial charge in [0.05, 0.1) is 22.1 Å². The summed E-state index contributed by atoms with van der Waals surface area (Å²) in [6.45, 7) is 9.75. The van der Waals surface area contributed by atoms with E-state index < -0.39 is 0 Å². The SMILES string of the molecule is Cc1ccc(C)c(OCCN2C(=O)S/C(=C\c3cc(C)n(-c4ccc(N5CCCC5)c([N+](=O)[O-])c4)c3C)C2=O)c1. The average molecular weight is 561 g/mol. The van der Waals surface area contributed by atoms with E-state index in [-0.39, 0.29) is 34.9 Å². The van der Waals surface area contributed by atoms with Crippen LogP contribution in [0.5, 0.6) is 5.75 Å². The summed E-state index contributed by atoms with van der Waals surface area (Å²) in [6, 6.07) is 13.2. The van der Waals surface area contributed by atoms with Crippen molar-refractivity contribution in [3.63, 3.8) is 0 Å². The summed E-state index contributed by atoms with van der Waals surface area (Å²) in [6.07, 6.45) is 3.79. The molecule has 0 radical (unpaired) electrons. The van der Waals surface area contributed by atoms with Gasteiger partial charge in [0, 0.05) is 30.5 Å². The molecule has 2 amide bonds. The van der Waals surface area contributed by atoms with Gasteiger partial charge in [-0.15, -0.1) is 0 Å². The molecule has 9 nitrogen and oxygen atoms in total. The predicted octanol–water partition coefficient (Wildman–Crippen LogP) is 6.33. The molecule has 2 aliphatic heterocycles. The van der Waals surface area contributed by atoms with E-state index in [4.69, 9.17) is 4.74 Å². The summed E-state index contributed by atoms with van der Waals surface area (Å²) in [5.41, 5.74) is 5.94. The van der Waals surface area contributed by atoms with Crippen molar-refractivity contribution in [3.05, 3.63) is 85.6 Å². The van der Waals surface area contributed by atoms with Gasteiger partial charge in [-0.05, 0) is 99.3 Å². The van der Waals surface area contributed by atoms with Crippen LogP contribution in [0.25, 0.3) is 11.8 Å². The molecule has 0 unspecified atom stereocenters. The molecule has 5 rings (SSSR count). The van der Waals surface area contributed by atoms with Crippen molar-refractivity contribution in [2.24, 2.45) is 0 Å². The highest BCUT2D eigenvalue weighted by Crippen LogP contribution is 2.36. The van der Waals surface area contributed by atoms with E-state index in [0.29, 0.717) is 16.3 Å². The van der Waals surface area contributed by atoms with Gasteiger partial charge in [0.15, 0.2) is 0 Å². The number of carbonyl (C=O) groups excluding carboxylic acids is 2. The highest BCUT2D eigenvalue weighted by molar-refractivity contribution is 8.18. The number of benzene rings is 2. The molecule has 0 N–H and O–H groups in total. The topological polar surface area (TPSA) is 97.9 Å². The third-order valence-electron chi connectivity index (χ3n) is 7.41. The second-order valence-corrected chi connectivity index (χ2v) is 11.2. The Balaban J connectivity index is 1.35. The molecule has 2 aliphatic rings. The Morgan fingerprint density at radius 2 is 1.77 bits per heavy atom. The Hall–Kier alpha value is -4.05. The minimum absolute atomic E-state index is 0.0812. The van der Waals surface area contributed by atoms with Gasteiger partial charge in [-0.3, -0.25) is 24.6 Å². The molecule has 0 atom stereocenters. The predicted molar refractivity (Wildman–Crippen MR) is 157 cm³/mol. The Kier molecular flexibility index (Phi) is 7.71. The molecule has 3 aromatic rings. The van der Waals surface area contributed by atoms with Crippen molar-refractivity contribution in [2.45, 2.75) is 40.5 Å². The smallest absolute Gasteiger partial charge is 0.294 e. The monoisotopic (exact) mass is 560 g/mol. The molecular weight excluding hydrogens is 528 g/mol. The van der Waals surface area contributed by atoms with Gasteiger partial charge in [-0.1, -0.05) is 12.1 Å². The number of hydrogen-bond donors (Lipinski definition) is 0. The zero-order valence-electron chi connectivity index (χ0n) is 23.1. The minimum Gasteiger partial charge on any atom is -0.491 e. The number of aryl methyl sites for hydroxylation is 3. The first-order valence-electron chi connectivity index (χ1n) is 13.3. The lowest BCUT2D eigenvalue weighted by atomic mass is 10.1.